The normalized spacial score (nSPS) is 20.6. The molecule has 1 aliphatic rings. The van der Waals surface area contributed by atoms with Crippen molar-refractivity contribution in [3.05, 3.63) is 28.2 Å². The van der Waals surface area contributed by atoms with Crippen LogP contribution >= 0.6 is 15.9 Å². The topological polar surface area (TPSA) is 43.8 Å². The number of likely N-dealkylation sites (N-methyl/N-ethyl adjacent to an activating group) is 1. The summed E-state index contributed by atoms with van der Waals surface area (Å²) >= 11 is 3.49. The highest BCUT2D eigenvalue weighted by Crippen LogP contribution is 2.29. The van der Waals surface area contributed by atoms with E-state index >= 15 is 0 Å². The molecule has 1 aromatic carbocycles. The number of carboxylic acid groups (broad SMARTS) is 1. The van der Waals surface area contributed by atoms with Crippen LogP contribution in [0.25, 0.3) is 0 Å². The second-order valence-corrected chi connectivity index (χ2v) is 5.81. The van der Waals surface area contributed by atoms with E-state index in [9.17, 15) is 4.79 Å². The van der Waals surface area contributed by atoms with E-state index in [4.69, 9.17) is 5.11 Å². The predicted octanol–water partition coefficient (Wildman–Crippen LogP) is 2.68. The monoisotopic (exact) mass is 326 g/mol. The van der Waals surface area contributed by atoms with Gasteiger partial charge in [0.2, 0.25) is 0 Å². The van der Waals surface area contributed by atoms with E-state index in [2.05, 4.69) is 39.7 Å². The Morgan fingerprint density at radius 2 is 2.21 bits per heavy atom. The maximum atomic E-state index is 10.9. The number of hydrogen-bond acceptors (Lipinski definition) is 3. The lowest BCUT2D eigenvalue weighted by Gasteiger charge is -2.40. The number of anilines is 1. The van der Waals surface area contributed by atoms with Gasteiger partial charge < -0.3 is 10.0 Å². The molecule has 104 valence electrons. The lowest BCUT2D eigenvalue weighted by molar-refractivity contribution is 0.0697. The summed E-state index contributed by atoms with van der Waals surface area (Å²) in [5.41, 5.74) is 1.40. The van der Waals surface area contributed by atoms with Crippen LogP contribution in [0.2, 0.25) is 0 Å². The first-order valence-corrected chi connectivity index (χ1v) is 7.30. The van der Waals surface area contributed by atoms with E-state index in [0.717, 1.165) is 36.2 Å². The number of carboxylic acids is 1. The van der Waals surface area contributed by atoms with Crippen LogP contribution in [0.4, 0.5) is 5.69 Å². The van der Waals surface area contributed by atoms with E-state index in [1.807, 2.05) is 6.07 Å². The molecule has 0 aliphatic carbocycles. The number of aromatic carboxylic acids is 1. The largest absolute Gasteiger partial charge is 0.478 e. The first-order chi connectivity index (χ1) is 9.02. The van der Waals surface area contributed by atoms with Crippen molar-refractivity contribution < 1.29 is 9.90 Å². The molecule has 5 heteroatoms. The Morgan fingerprint density at radius 1 is 1.47 bits per heavy atom. The molecular weight excluding hydrogens is 308 g/mol. The standard InChI is InChI=1S/C14H19BrN2O2/c1-3-11-9-17(7-6-16(11)2)13-5-4-10(14(18)19)8-12(13)15/h4-5,8,11H,3,6-7,9H2,1-2H3,(H,18,19). The summed E-state index contributed by atoms with van der Waals surface area (Å²) in [6.45, 7) is 5.19. The second kappa shape index (κ2) is 5.92. The third kappa shape index (κ3) is 3.09. The Morgan fingerprint density at radius 3 is 2.79 bits per heavy atom. The van der Waals surface area contributed by atoms with Gasteiger partial charge in [0.1, 0.15) is 0 Å². The first kappa shape index (κ1) is 14.3. The highest BCUT2D eigenvalue weighted by Gasteiger charge is 2.24. The summed E-state index contributed by atoms with van der Waals surface area (Å²) in [6.07, 6.45) is 1.12. The zero-order valence-electron chi connectivity index (χ0n) is 11.3. The van der Waals surface area contributed by atoms with Gasteiger partial charge in [0.15, 0.2) is 0 Å². The second-order valence-electron chi connectivity index (χ2n) is 4.96. The smallest absolute Gasteiger partial charge is 0.335 e. The molecular formula is C14H19BrN2O2. The quantitative estimate of drug-likeness (QED) is 0.927. The van der Waals surface area contributed by atoms with Crippen LogP contribution in [0, 0.1) is 0 Å². The van der Waals surface area contributed by atoms with Gasteiger partial charge >= 0.3 is 5.97 Å². The number of benzene rings is 1. The zero-order valence-corrected chi connectivity index (χ0v) is 12.9. The number of rotatable bonds is 3. The Kier molecular flexibility index (Phi) is 4.47. The van der Waals surface area contributed by atoms with Gasteiger partial charge in [-0.1, -0.05) is 6.92 Å². The lowest BCUT2D eigenvalue weighted by Crippen LogP contribution is -2.51. The van der Waals surface area contributed by atoms with Gasteiger partial charge in [-0.15, -0.1) is 0 Å². The van der Waals surface area contributed by atoms with Gasteiger partial charge in [-0.2, -0.15) is 0 Å². The summed E-state index contributed by atoms with van der Waals surface area (Å²) in [7, 11) is 2.16. The van der Waals surface area contributed by atoms with E-state index in [1.54, 1.807) is 12.1 Å². The van der Waals surface area contributed by atoms with Crippen molar-refractivity contribution in [1.29, 1.82) is 0 Å². The predicted molar refractivity (Wildman–Crippen MR) is 80.0 cm³/mol. The zero-order chi connectivity index (χ0) is 14.0. The number of carbonyl (C=O) groups is 1. The minimum Gasteiger partial charge on any atom is -0.478 e. The Hall–Kier alpha value is -1.07. The fraction of sp³-hybridized carbons (Fsp3) is 0.500. The van der Waals surface area contributed by atoms with Crippen molar-refractivity contribution >= 4 is 27.6 Å². The van der Waals surface area contributed by atoms with Crippen molar-refractivity contribution in [3.63, 3.8) is 0 Å². The van der Waals surface area contributed by atoms with Crippen molar-refractivity contribution in [3.8, 4) is 0 Å². The first-order valence-electron chi connectivity index (χ1n) is 6.51. The number of halogens is 1. The van der Waals surface area contributed by atoms with Gasteiger partial charge in [0, 0.05) is 30.1 Å². The minimum absolute atomic E-state index is 0.316. The summed E-state index contributed by atoms with van der Waals surface area (Å²) in [4.78, 5) is 15.6. The molecule has 19 heavy (non-hydrogen) atoms. The molecule has 1 heterocycles. The van der Waals surface area contributed by atoms with Crippen LogP contribution in [-0.2, 0) is 0 Å². The van der Waals surface area contributed by atoms with Crippen molar-refractivity contribution in [2.24, 2.45) is 0 Å². The minimum atomic E-state index is -0.892. The Balaban J connectivity index is 2.20. The highest BCUT2D eigenvalue weighted by atomic mass is 79.9. The van der Waals surface area contributed by atoms with Crippen LogP contribution in [-0.4, -0.2) is 48.7 Å². The van der Waals surface area contributed by atoms with Crippen molar-refractivity contribution in [2.75, 3.05) is 31.6 Å². The highest BCUT2D eigenvalue weighted by molar-refractivity contribution is 9.10. The van der Waals surface area contributed by atoms with Gasteiger partial charge in [0.05, 0.1) is 11.3 Å². The SMILES string of the molecule is CCC1CN(c2ccc(C(=O)O)cc2Br)CCN1C. The lowest BCUT2D eigenvalue weighted by atomic mass is 10.1. The Bertz CT molecular complexity index is 479. The third-order valence-corrected chi connectivity index (χ3v) is 4.42. The molecule has 1 atom stereocenters. The molecule has 0 radical (unpaired) electrons. The molecule has 0 bridgehead atoms. The fourth-order valence-corrected chi connectivity index (χ4v) is 3.13. The number of piperazine rings is 1. The van der Waals surface area contributed by atoms with Gasteiger partial charge in [-0.25, -0.2) is 4.79 Å². The molecule has 1 aliphatic heterocycles. The van der Waals surface area contributed by atoms with Crippen LogP contribution in [0.15, 0.2) is 22.7 Å². The summed E-state index contributed by atoms with van der Waals surface area (Å²) in [6, 6.07) is 5.80. The van der Waals surface area contributed by atoms with Crippen molar-refractivity contribution in [1.82, 2.24) is 4.90 Å². The summed E-state index contributed by atoms with van der Waals surface area (Å²) in [5.74, 6) is -0.892. The molecule has 1 N–H and O–H groups in total. The third-order valence-electron chi connectivity index (χ3n) is 3.78. The molecule has 0 saturated carbocycles. The summed E-state index contributed by atoms with van der Waals surface area (Å²) in [5, 5.41) is 8.98. The van der Waals surface area contributed by atoms with E-state index < -0.39 is 5.97 Å². The van der Waals surface area contributed by atoms with E-state index in [0.29, 0.717) is 11.6 Å². The molecule has 1 saturated heterocycles. The van der Waals surface area contributed by atoms with Gasteiger partial charge in [-0.05, 0) is 47.6 Å². The van der Waals surface area contributed by atoms with Crippen LogP contribution in [0.1, 0.15) is 23.7 Å². The van der Waals surface area contributed by atoms with Gasteiger partial charge in [-0.3, -0.25) is 4.90 Å². The molecule has 1 fully saturated rings. The number of hydrogen-bond donors (Lipinski definition) is 1. The van der Waals surface area contributed by atoms with E-state index in [1.165, 1.54) is 0 Å². The molecule has 0 spiro atoms. The van der Waals surface area contributed by atoms with Crippen LogP contribution in [0.3, 0.4) is 0 Å². The molecule has 4 nitrogen and oxygen atoms in total. The summed E-state index contributed by atoms with van der Waals surface area (Å²) < 4.78 is 0.854. The molecule has 1 aromatic rings. The molecule has 2 rings (SSSR count). The maximum Gasteiger partial charge on any atom is 0.335 e. The molecule has 0 amide bonds. The average molecular weight is 327 g/mol. The average Bonchev–Trinajstić information content (AvgIpc) is 2.39. The van der Waals surface area contributed by atoms with Crippen LogP contribution in [0.5, 0.6) is 0 Å². The van der Waals surface area contributed by atoms with E-state index in [-0.39, 0.29) is 0 Å². The molecule has 0 aromatic heterocycles. The van der Waals surface area contributed by atoms with Crippen LogP contribution < -0.4 is 4.90 Å². The number of nitrogens with zero attached hydrogens (tertiary/aromatic N) is 2. The fourth-order valence-electron chi connectivity index (χ4n) is 2.50. The Labute approximate surface area is 122 Å². The molecule has 1 unspecified atom stereocenters. The maximum absolute atomic E-state index is 10.9. The van der Waals surface area contributed by atoms with Crippen molar-refractivity contribution in [2.45, 2.75) is 19.4 Å². The van der Waals surface area contributed by atoms with Gasteiger partial charge in [0.25, 0.3) is 0 Å².